The van der Waals surface area contributed by atoms with Crippen molar-refractivity contribution in [3.05, 3.63) is 50.6 Å². The quantitative estimate of drug-likeness (QED) is 0.461. The number of rotatable bonds is 4. The molecule has 0 aliphatic carbocycles. The fourth-order valence-corrected chi connectivity index (χ4v) is 4.25. The Bertz CT molecular complexity index is 1110. The molecule has 3 aromatic rings. The van der Waals surface area contributed by atoms with Crippen LogP contribution >= 0.6 is 34.7 Å². The Hall–Kier alpha value is -2.04. The van der Waals surface area contributed by atoms with Crippen molar-refractivity contribution in [3.63, 3.8) is 0 Å². The van der Waals surface area contributed by atoms with E-state index in [-0.39, 0.29) is 11.2 Å². The van der Waals surface area contributed by atoms with Crippen LogP contribution in [0, 0.1) is 0 Å². The van der Waals surface area contributed by atoms with E-state index in [4.69, 9.17) is 11.6 Å². The maximum Gasteiger partial charge on any atom is 0.417 e. The third kappa shape index (κ3) is 4.18. The van der Waals surface area contributed by atoms with Gasteiger partial charge in [0, 0.05) is 12.7 Å². The first-order valence-electron chi connectivity index (χ1n) is 7.86. The van der Waals surface area contributed by atoms with Crippen molar-refractivity contribution in [1.29, 1.82) is 0 Å². The van der Waals surface area contributed by atoms with E-state index in [2.05, 4.69) is 10.3 Å². The lowest BCUT2D eigenvalue weighted by molar-refractivity contribution is -0.137. The first kappa shape index (κ1) is 20.7. The first-order chi connectivity index (χ1) is 13.1. The van der Waals surface area contributed by atoms with E-state index >= 15 is 0 Å². The van der Waals surface area contributed by atoms with E-state index in [1.165, 1.54) is 22.0 Å². The van der Waals surface area contributed by atoms with Crippen LogP contribution in [0.1, 0.15) is 12.5 Å². The van der Waals surface area contributed by atoms with Gasteiger partial charge in [-0.15, -0.1) is 11.3 Å². The van der Waals surface area contributed by atoms with E-state index in [1.807, 2.05) is 0 Å². The van der Waals surface area contributed by atoms with Gasteiger partial charge in [0.15, 0.2) is 5.16 Å². The Kier molecular flexibility index (Phi) is 5.74. The van der Waals surface area contributed by atoms with E-state index in [0.717, 1.165) is 23.9 Å². The van der Waals surface area contributed by atoms with Crippen molar-refractivity contribution in [2.45, 2.75) is 23.5 Å². The standard InChI is InChI=1S/C17H13ClF3N3O2S2/c1-8(28-16-23-12-5-6-27-13(12)15(26)24(16)2)14(25)22-9-3-4-11(18)10(7-9)17(19,20)21/h3-8H,1-2H3,(H,22,25)/t8-/m0/s1. The molecule has 0 aliphatic heterocycles. The number of benzene rings is 1. The zero-order valence-electron chi connectivity index (χ0n) is 14.5. The Balaban J connectivity index is 1.79. The number of fused-ring (bicyclic) bond motifs is 1. The summed E-state index contributed by atoms with van der Waals surface area (Å²) in [4.78, 5) is 29.1. The number of carbonyl (C=O) groups is 1. The minimum absolute atomic E-state index is 0.0238. The fourth-order valence-electron chi connectivity index (χ4n) is 2.35. The lowest BCUT2D eigenvalue weighted by atomic mass is 10.2. The van der Waals surface area contributed by atoms with Gasteiger partial charge in [-0.25, -0.2) is 4.98 Å². The first-order valence-corrected chi connectivity index (χ1v) is 10.00. The van der Waals surface area contributed by atoms with Crippen LogP contribution in [0.25, 0.3) is 10.2 Å². The molecule has 5 nitrogen and oxygen atoms in total. The van der Waals surface area contributed by atoms with Crippen LogP contribution in [-0.4, -0.2) is 20.7 Å². The summed E-state index contributed by atoms with van der Waals surface area (Å²) in [5, 5.41) is 3.37. The van der Waals surface area contributed by atoms with Crippen LogP contribution in [0.3, 0.4) is 0 Å². The number of halogens is 4. The van der Waals surface area contributed by atoms with Crippen LogP contribution in [0.2, 0.25) is 5.02 Å². The van der Waals surface area contributed by atoms with Crippen LogP contribution in [-0.2, 0) is 18.0 Å². The van der Waals surface area contributed by atoms with Crippen LogP contribution in [0.4, 0.5) is 18.9 Å². The molecule has 0 saturated heterocycles. The van der Waals surface area contributed by atoms with Crippen molar-refractivity contribution in [2.24, 2.45) is 7.05 Å². The SMILES string of the molecule is C[C@H](Sc1nc2ccsc2c(=O)n1C)C(=O)Nc1ccc(Cl)c(C(F)(F)F)c1. The molecule has 0 radical (unpaired) electrons. The van der Waals surface area contributed by atoms with E-state index in [0.29, 0.717) is 15.4 Å². The molecule has 11 heteroatoms. The summed E-state index contributed by atoms with van der Waals surface area (Å²) in [7, 11) is 1.55. The largest absolute Gasteiger partial charge is 0.417 e. The summed E-state index contributed by atoms with van der Waals surface area (Å²) in [6.45, 7) is 1.57. The number of hydrogen-bond donors (Lipinski definition) is 1. The fraction of sp³-hybridized carbons (Fsp3) is 0.235. The summed E-state index contributed by atoms with van der Waals surface area (Å²) in [6, 6.07) is 4.86. The Labute approximate surface area is 170 Å². The van der Waals surface area contributed by atoms with Gasteiger partial charge in [-0.05, 0) is 36.6 Å². The number of hydrogen-bond acceptors (Lipinski definition) is 5. The predicted molar refractivity (Wildman–Crippen MR) is 105 cm³/mol. The Morgan fingerprint density at radius 3 is 2.75 bits per heavy atom. The molecule has 28 heavy (non-hydrogen) atoms. The molecule has 1 amide bonds. The molecule has 2 heterocycles. The molecule has 2 aromatic heterocycles. The highest BCUT2D eigenvalue weighted by atomic mass is 35.5. The third-order valence-corrected chi connectivity index (χ3v) is 6.20. The molecular weight excluding hydrogens is 435 g/mol. The van der Waals surface area contributed by atoms with Gasteiger partial charge in [-0.2, -0.15) is 13.2 Å². The molecular formula is C17H13ClF3N3O2S2. The van der Waals surface area contributed by atoms with Crippen molar-refractivity contribution in [3.8, 4) is 0 Å². The summed E-state index contributed by atoms with van der Waals surface area (Å²) < 4.78 is 40.7. The highest BCUT2D eigenvalue weighted by Gasteiger charge is 2.33. The van der Waals surface area contributed by atoms with Gasteiger partial charge in [0.2, 0.25) is 5.91 Å². The predicted octanol–water partition coefficient (Wildman–Crippen LogP) is 4.79. The van der Waals surface area contributed by atoms with Gasteiger partial charge in [0.05, 0.1) is 21.4 Å². The summed E-state index contributed by atoms with van der Waals surface area (Å²) in [6.07, 6.45) is -4.63. The highest BCUT2D eigenvalue weighted by Crippen LogP contribution is 2.36. The van der Waals surface area contributed by atoms with Crippen molar-refractivity contribution < 1.29 is 18.0 Å². The normalized spacial score (nSPS) is 12.9. The maximum absolute atomic E-state index is 13.0. The Morgan fingerprint density at radius 2 is 2.07 bits per heavy atom. The number of alkyl halides is 3. The maximum atomic E-state index is 13.0. The number of nitrogens with one attached hydrogen (secondary N) is 1. The highest BCUT2D eigenvalue weighted by molar-refractivity contribution is 8.00. The minimum atomic E-state index is -4.63. The molecule has 1 aromatic carbocycles. The van der Waals surface area contributed by atoms with Gasteiger partial charge < -0.3 is 5.32 Å². The lowest BCUT2D eigenvalue weighted by Crippen LogP contribution is -2.25. The average Bonchev–Trinajstić information content (AvgIpc) is 3.08. The smallest absolute Gasteiger partial charge is 0.325 e. The third-order valence-electron chi connectivity index (χ3n) is 3.84. The van der Waals surface area contributed by atoms with Gasteiger partial charge >= 0.3 is 6.18 Å². The number of thioether (sulfide) groups is 1. The number of thiophene rings is 1. The summed E-state index contributed by atoms with van der Waals surface area (Å²) in [5.74, 6) is -0.528. The molecule has 148 valence electrons. The van der Waals surface area contributed by atoms with E-state index in [1.54, 1.807) is 25.4 Å². The molecule has 1 atom stereocenters. The second-order valence-corrected chi connectivity index (χ2v) is 8.47. The zero-order chi connectivity index (χ0) is 20.6. The second kappa shape index (κ2) is 7.76. The minimum Gasteiger partial charge on any atom is -0.325 e. The van der Waals surface area contributed by atoms with Crippen LogP contribution in [0.5, 0.6) is 0 Å². The van der Waals surface area contributed by atoms with Crippen molar-refractivity contribution in [1.82, 2.24) is 9.55 Å². The van der Waals surface area contributed by atoms with Gasteiger partial charge in [0.1, 0.15) is 4.70 Å². The van der Waals surface area contributed by atoms with Gasteiger partial charge in [-0.1, -0.05) is 23.4 Å². The van der Waals surface area contributed by atoms with Crippen LogP contribution in [0.15, 0.2) is 39.6 Å². The van der Waals surface area contributed by atoms with Gasteiger partial charge in [0.25, 0.3) is 5.56 Å². The number of carbonyl (C=O) groups excluding carboxylic acids is 1. The number of aromatic nitrogens is 2. The summed E-state index contributed by atoms with van der Waals surface area (Å²) in [5.41, 5.74) is -0.734. The number of nitrogens with zero attached hydrogens (tertiary/aromatic N) is 2. The Morgan fingerprint density at radius 1 is 1.36 bits per heavy atom. The molecule has 3 rings (SSSR count). The molecule has 0 spiro atoms. The molecule has 0 bridgehead atoms. The zero-order valence-corrected chi connectivity index (χ0v) is 16.9. The van der Waals surface area contributed by atoms with Crippen molar-refractivity contribution in [2.75, 3.05) is 5.32 Å². The molecule has 0 aliphatic rings. The van der Waals surface area contributed by atoms with Crippen LogP contribution < -0.4 is 10.9 Å². The van der Waals surface area contributed by atoms with E-state index < -0.39 is 27.9 Å². The number of amides is 1. The lowest BCUT2D eigenvalue weighted by Gasteiger charge is -2.15. The number of anilines is 1. The summed E-state index contributed by atoms with van der Waals surface area (Å²) >= 11 is 7.90. The monoisotopic (exact) mass is 447 g/mol. The molecule has 0 unspecified atom stereocenters. The molecule has 0 saturated carbocycles. The second-order valence-electron chi connectivity index (χ2n) is 5.84. The van der Waals surface area contributed by atoms with Crippen molar-refractivity contribution >= 4 is 56.5 Å². The topological polar surface area (TPSA) is 64.0 Å². The molecule has 0 fully saturated rings. The van der Waals surface area contributed by atoms with Gasteiger partial charge in [-0.3, -0.25) is 14.2 Å². The molecule has 1 N–H and O–H groups in total. The average molecular weight is 448 g/mol. The van der Waals surface area contributed by atoms with E-state index in [9.17, 15) is 22.8 Å².